The maximum absolute atomic E-state index is 11.3. The molecule has 0 amide bonds. The zero-order chi connectivity index (χ0) is 8.56. The van der Waals surface area contributed by atoms with Crippen molar-refractivity contribution in [3.05, 3.63) is 30.3 Å². The lowest BCUT2D eigenvalue weighted by Gasteiger charge is -2.33. The van der Waals surface area contributed by atoms with Gasteiger partial charge in [-0.25, -0.2) is 5.14 Å². The number of rotatable bonds is 1. The normalized spacial score (nSPS) is 15.4. The molecule has 11 heavy (non-hydrogen) atoms. The first-order valence-electron chi connectivity index (χ1n) is 3.11. The predicted octanol–water partition coefficient (Wildman–Crippen LogP) is 0.842. The van der Waals surface area contributed by atoms with Crippen molar-refractivity contribution in [2.75, 3.05) is 6.26 Å². The van der Waals surface area contributed by atoms with Crippen LogP contribution in [0.1, 0.15) is 0 Å². The zero-order valence-corrected chi connectivity index (χ0v) is 7.04. The standard InChI is InChI=1S/C7H11NO2S/c1-11(8,9,10)7-5-3-2-4-6-7/h2-6H,1H3,(H3,8,9,10). The van der Waals surface area contributed by atoms with Crippen LogP contribution in [0.2, 0.25) is 0 Å². The fourth-order valence-electron chi connectivity index (χ4n) is 0.752. The van der Waals surface area contributed by atoms with Gasteiger partial charge in [-0.15, -0.1) is 9.53 Å². The van der Waals surface area contributed by atoms with Crippen LogP contribution in [0.25, 0.3) is 0 Å². The fraction of sp³-hybridized carbons (Fsp3) is 0.143. The summed E-state index contributed by atoms with van der Waals surface area (Å²) in [6, 6.07) is 8.19. The summed E-state index contributed by atoms with van der Waals surface area (Å²) in [6.07, 6.45) is 1.13. The van der Waals surface area contributed by atoms with Crippen LogP contribution in [0.3, 0.4) is 0 Å². The van der Waals surface area contributed by atoms with Crippen LogP contribution < -0.4 is 5.14 Å². The smallest absolute Gasteiger partial charge is 0.0684 e. The molecule has 3 N–H and O–H groups in total. The topological polar surface area (TPSA) is 63.3 Å². The van der Waals surface area contributed by atoms with E-state index >= 15 is 0 Å². The minimum atomic E-state index is -4.01. The molecular formula is C7H11NO2S. The molecule has 0 aromatic heterocycles. The summed E-state index contributed by atoms with van der Waals surface area (Å²) < 4.78 is 20.6. The minimum Gasteiger partial charge on any atom is -0.286 e. The van der Waals surface area contributed by atoms with Crippen LogP contribution in [0.4, 0.5) is 0 Å². The molecule has 1 rings (SSSR count). The fourth-order valence-corrected chi connectivity index (χ4v) is 1.57. The molecule has 0 saturated carbocycles. The van der Waals surface area contributed by atoms with Gasteiger partial charge in [-0.1, -0.05) is 18.2 Å². The highest BCUT2D eigenvalue weighted by Gasteiger charge is 2.15. The summed E-state index contributed by atoms with van der Waals surface area (Å²) in [6.45, 7) is 0. The Morgan fingerprint density at radius 1 is 1.36 bits per heavy atom. The molecule has 0 aliphatic heterocycles. The van der Waals surface area contributed by atoms with Crippen molar-refractivity contribution < 1.29 is 8.76 Å². The Balaban J connectivity index is 3.26. The van der Waals surface area contributed by atoms with Gasteiger partial charge in [0.25, 0.3) is 0 Å². The molecule has 0 spiro atoms. The molecule has 1 aromatic carbocycles. The highest BCUT2D eigenvalue weighted by atomic mass is 32.3. The van der Waals surface area contributed by atoms with Crippen molar-refractivity contribution in [1.82, 2.24) is 0 Å². The molecule has 1 aromatic rings. The quantitative estimate of drug-likeness (QED) is 0.661. The second-order valence-corrected chi connectivity index (χ2v) is 5.86. The Kier molecular flexibility index (Phi) is 1.63. The third kappa shape index (κ3) is 2.11. The van der Waals surface area contributed by atoms with Gasteiger partial charge in [0.2, 0.25) is 0 Å². The lowest BCUT2D eigenvalue weighted by Crippen LogP contribution is -2.40. The first-order valence-corrected chi connectivity index (χ1v) is 5.50. The van der Waals surface area contributed by atoms with Crippen molar-refractivity contribution in [3.63, 3.8) is 0 Å². The lowest BCUT2D eigenvalue weighted by atomic mass is 10.4. The highest BCUT2D eigenvalue weighted by molar-refractivity contribution is 8.12. The molecule has 0 fully saturated rings. The van der Waals surface area contributed by atoms with Crippen LogP contribution in [-0.4, -0.2) is 15.0 Å². The molecule has 0 bridgehead atoms. The Hall–Kier alpha value is -0.710. The Labute approximate surface area is 65.6 Å². The Morgan fingerprint density at radius 2 is 1.82 bits per heavy atom. The average Bonchev–Trinajstić information content (AvgIpc) is 1.86. The minimum absolute atomic E-state index is 0.268. The molecule has 0 aliphatic rings. The summed E-state index contributed by atoms with van der Waals surface area (Å²) in [5, 5.41) is 5.21. The molecule has 3 nitrogen and oxygen atoms in total. The van der Waals surface area contributed by atoms with Crippen molar-refractivity contribution in [2.24, 2.45) is 5.14 Å². The highest BCUT2D eigenvalue weighted by Crippen LogP contribution is 2.20. The van der Waals surface area contributed by atoms with Crippen LogP contribution in [-0.2, 0) is 9.53 Å². The van der Waals surface area contributed by atoms with E-state index in [-0.39, 0.29) is 4.90 Å². The Bertz CT molecular complexity index is 303. The molecule has 0 radical (unpaired) electrons. The maximum Gasteiger partial charge on any atom is 0.0684 e. The van der Waals surface area contributed by atoms with Crippen molar-refractivity contribution in [1.29, 1.82) is 0 Å². The Morgan fingerprint density at radius 3 is 2.09 bits per heavy atom. The van der Waals surface area contributed by atoms with E-state index in [1.165, 1.54) is 12.1 Å². The van der Waals surface area contributed by atoms with Crippen molar-refractivity contribution >= 4 is 9.53 Å². The van der Waals surface area contributed by atoms with E-state index in [0.717, 1.165) is 6.26 Å². The largest absolute Gasteiger partial charge is 0.286 e. The zero-order valence-electron chi connectivity index (χ0n) is 6.23. The summed E-state index contributed by atoms with van der Waals surface area (Å²) in [7, 11) is -4.01. The molecule has 0 aliphatic carbocycles. The van der Waals surface area contributed by atoms with E-state index in [1.807, 2.05) is 0 Å². The molecule has 0 atom stereocenters. The second-order valence-electron chi connectivity index (χ2n) is 2.67. The van der Waals surface area contributed by atoms with Crippen molar-refractivity contribution in [3.8, 4) is 0 Å². The monoisotopic (exact) mass is 173 g/mol. The summed E-state index contributed by atoms with van der Waals surface area (Å²) >= 11 is 0. The first kappa shape index (κ1) is 8.39. The number of hydrogen-bond acceptors (Lipinski definition) is 1. The van der Waals surface area contributed by atoms with Gasteiger partial charge in [-0.05, 0) is 12.1 Å². The van der Waals surface area contributed by atoms with E-state index < -0.39 is 9.53 Å². The molecule has 0 saturated heterocycles. The van der Waals surface area contributed by atoms with E-state index in [2.05, 4.69) is 0 Å². The van der Waals surface area contributed by atoms with E-state index in [1.54, 1.807) is 18.2 Å². The van der Waals surface area contributed by atoms with Gasteiger partial charge in [0.15, 0.2) is 0 Å². The summed E-state index contributed by atoms with van der Waals surface area (Å²) in [5.41, 5.74) is 0. The molecular weight excluding hydrogens is 162 g/mol. The van der Waals surface area contributed by atoms with Gasteiger partial charge in [-0.2, -0.15) is 4.21 Å². The van der Waals surface area contributed by atoms with Gasteiger partial charge in [0, 0.05) is 6.26 Å². The summed E-state index contributed by atoms with van der Waals surface area (Å²) in [5.74, 6) is 0. The van der Waals surface area contributed by atoms with E-state index in [9.17, 15) is 8.76 Å². The van der Waals surface area contributed by atoms with Gasteiger partial charge < -0.3 is 0 Å². The van der Waals surface area contributed by atoms with E-state index in [0.29, 0.717) is 0 Å². The average molecular weight is 173 g/mol. The number of nitrogens with two attached hydrogens (primary N) is 1. The van der Waals surface area contributed by atoms with Gasteiger partial charge in [0.1, 0.15) is 0 Å². The van der Waals surface area contributed by atoms with Crippen LogP contribution in [0.15, 0.2) is 35.2 Å². The molecule has 0 heterocycles. The number of benzene rings is 1. The third-order valence-electron chi connectivity index (χ3n) is 1.32. The first-order chi connectivity index (χ1) is 4.86. The lowest BCUT2D eigenvalue weighted by molar-refractivity contribution is 0.521. The van der Waals surface area contributed by atoms with Gasteiger partial charge in [0.05, 0.1) is 4.90 Å². The van der Waals surface area contributed by atoms with Crippen LogP contribution in [0, 0.1) is 0 Å². The molecule has 62 valence electrons. The second kappa shape index (κ2) is 2.14. The van der Waals surface area contributed by atoms with Crippen LogP contribution >= 0.6 is 0 Å². The van der Waals surface area contributed by atoms with Crippen molar-refractivity contribution in [2.45, 2.75) is 4.90 Å². The molecule has 4 heteroatoms. The van der Waals surface area contributed by atoms with Crippen LogP contribution in [0.5, 0.6) is 0 Å². The SMILES string of the molecule is CS(N)(=O)(O)c1ccccc1. The third-order valence-corrected chi connectivity index (χ3v) is 2.74. The maximum atomic E-state index is 11.3. The number of hydrogen-bond donors (Lipinski definition) is 2. The van der Waals surface area contributed by atoms with Gasteiger partial charge >= 0.3 is 0 Å². The molecule has 0 unspecified atom stereocenters. The van der Waals surface area contributed by atoms with E-state index in [4.69, 9.17) is 5.14 Å². The predicted molar refractivity (Wildman–Crippen MR) is 45.6 cm³/mol. The summed E-state index contributed by atoms with van der Waals surface area (Å²) in [4.78, 5) is 0.268. The van der Waals surface area contributed by atoms with Gasteiger partial charge in [-0.3, -0.25) is 4.55 Å².